The van der Waals surface area contributed by atoms with Gasteiger partial charge in [0.1, 0.15) is 36.1 Å². The largest absolute Gasteiger partial charge is 0.396 e. The maximum Gasteiger partial charge on any atom is 0.186 e. The molecule has 25 heavy (non-hydrogen) atoms. The van der Waals surface area contributed by atoms with Crippen molar-refractivity contribution < 1.29 is 50.0 Å². The van der Waals surface area contributed by atoms with Crippen molar-refractivity contribution in [1.29, 1.82) is 0 Å². The molecular weight excluding hydrogens is 340 g/mol. The normalized spacial score (nSPS) is 35.2. The van der Waals surface area contributed by atoms with Crippen LogP contribution in [-0.2, 0) is 14.2 Å². The molecule has 8 atom stereocenters. The molecule has 7 unspecified atom stereocenters. The Balaban J connectivity index is 2.90. The van der Waals surface area contributed by atoms with E-state index < -0.39 is 68.3 Å². The zero-order valence-electron chi connectivity index (χ0n) is 14.4. The van der Waals surface area contributed by atoms with Crippen LogP contribution in [0.3, 0.4) is 0 Å². The average Bonchev–Trinajstić information content (AvgIpc) is 2.61. The summed E-state index contributed by atoms with van der Waals surface area (Å²) in [5.74, 6) is 0. The summed E-state index contributed by atoms with van der Waals surface area (Å²) in [4.78, 5) is 0. The molecule has 0 spiro atoms. The molecule has 0 aromatic heterocycles. The third-order valence-electron chi connectivity index (χ3n) is 4.48. The van der Waals surface area contributed by atoms with Crippen LogP contribution in [0.1, 0.15) is 19.8 Å². The topological polar surface area (TPSA) is 169 Å². The Morgan fingerprint density at radius 2 is 1.88 bits per heavy atom. The summed E-state index contributed by atoms with van der Waals surface area (Å²) in [6.45, 7) is 0.257. The summed E-state index contributed by atoms with van der Waals surface area (Å²) in [7, 11) is 1.27. The first-order valence-electron chi connectivity index (χ1n) is 8.21. The van der Waals surface area contributed by atoms with Crippen molar-refractivity contribution in [1.82, 2.24) is 0 Å². The maximum absolute atomic E-state index is 10.2. The third-order valence-corrected chi connectivity index (χ3v) is 4.48. The third kappa shape index (κ3) is 5.30. The van der Waals surface area contributed by atoms with Gasteiger partial charge in [-0.3, -0.25) is 0 Å². The molecule has 0 saturated carbocycles. The zero-order valence-corrected chi connectivity index (χ0v) is 14.4. The Labute approximate surface area is 146 Å². The fourth-order valence-corrected chi connectivity index (χ4v) is 2.73. The number of rotatable bonds is 10. The molecule has 0 aliphatic carbocycles. The molecule has 1 heterocycles. The molecule has 1 saturated heterocycles. The van der Waals surface area contributed by atoms with E-state index in [9.17, 15) is 30.6 Å². The van der Waals surface area contributed by atoms with E-state index in [1.807, 2.05) is 0 Å². The van der Waals surface area contributed by atoms with Crippen LogP contribution in [0.15, 0.2) is 0 Å². The number of hydrogen-bond acceptors (Lipinski definition) is 10. The van der Waals surface area contributed by atoms with Gasteiger partial charge in [-0.15, -0.1) is 0 Å². The fourth-order valence-electron chi connectivity index (χ4n) is 2.73. The van der Waals surface area contributed by atoms with Crippen molar-refractivity contribution >= 4 is 0 Å². The Morgan fingerprint density at radius 3 is 2.36 bits per heavy atom. The molecule has 7 N–H and O–H groups in total. The molecule has 0 aromatic carbocycles. The van der Waals surface area contributed by atoms with E-state index in [4.69, 9.17) is 19.3 Å². The van der Waals surface area contributed by atoms with Gasteiger partial charge in [0.05, 0.1) is 19.3 Å². The lowest BCUT2D eigenvalue weighted by Gasteiger charge is -2.44. The van der Waals surface area contributed by atoms with Crippen molar-refractivity contribution in [3.05, 3.63) is 0 Å². The summed E-state index contributed by atoms with van der Waals surface area (Å²) >= 11 is 0. The Kier molecular flexibility index (Phi) is 9.12. The van der Waals surface area contributed by atoms with Gasteiger partial charge in [0, 0.05) is 20.1 Å². The van der Waals surface area contributed by atoms with Crippen LogP contribution in [0.25, 0.3) is 0 Å². The van der Waals surface area contributed by atoms with Crippen LogP contribution < -0.4 is 0 Å². The summed E-state index contributed by atoms with van der Waals surface area (Å²) in [6.07, 6.45) is -9.71. The van der Waals surface area contributed by atoms with Gasteiger partial charge >= 0.3 is 0 Å². The van der Waals surface area contributed by atoms with E-state index in [0.29, 0.717) is 0 Å². The molecule has 10 nitrogen and oxygen atoms in total. The standard InChI is InChI=1S/C15H30O10/c1-3-8(18)10(19)12(9(6-17)23-2)25-14-11(20)13(21)15(22,4-5-16)7-24-14/h8-14,16-22H,3-7H2,1-2H3/t8?,9?,10?,11?,12?,13?,14-,15?/m1/s1. The minimum Gasteiger partial charge on any atom is -0.396 e. The Bertz CT molecular complexity index is 379. The maximum atomic E-state index is 10.2. The SMILES string of the molecule is CCC(O)C(O)C(O[C@H]1OCC(O)(CCO)C(O)C1O)C(CO)OC. The van der Waals surface area contributed by atoms with Gasteiger partial charge in [-0.25, -0.2) is 0 Å². The molecule has 1 rings (SSSR count). The van der Waals surface area contributed by atoms with Gasteiger partial charge < -0.3 is 50.0 Å². The Hall–Kier alpha value is -0.400. The molecule has 150 valence electrons. The first-order valence-corrected chi connectivity index (χ1v) is 8.21. The van der Waals surface area contributed by atoms with Crippen molar-refractivity contribution in [2.75, 3.05) is 26.9 Å². The monoisotopic (exact) mass is 370 g/mol. The van der Waals surface area contributed by atoms with Gasteiger partial charge in [-0.2, -0.15) is 0 Å². The molecule has 1 fully saturated rings. The van der Waals surface area contributed by atoms with E-state index in [-0.39, 0.29) is 12.8 Å². The highest BCUT2D eigenvalue weighted by molar-refractivity contribution is 4.96. The molecule has 0 amide bonds. The number of methoxy groups -OCH3 is 1. The average molecular weight is 370 g/mol. The van der Waals surface area contributed by atoms with Crippen LogP contribution in [0.4, 0.5) is 0 Å². The zero-order chi connectivity index (χ0) is 19.2. The van der Waals surface area contributed by atoms with E-state index in [2.05, 4.69) is 0 Å². The molecule has 10 heteroatoms. The lowest BCUT2D eigenvalue weighted by Crippen LogP contribution is -2.63. The summed E-state index contributed by atoms with van der Waals surface area (Å²) in [6, 6.07) is 0. The van der Waals surface area contributed by atoms with Gasteiger partial charge in [-0.05, 0) is 6.42 Å². The summed E-state index contributed by atoms with van der Waals surface area (Å²) in [5.41, 5.74) is -1.84. The van der Waals surface area contributed by atoms with Crippen LogP contribution in [0.5, 0.6) is 0 Å². The van der Waals surface area contributed by atoms with E-state index >= 15 is 0 Å². The first kappa shape index (κ1) is 22.6. The number of hydrogen-bond donors (Lipinski definition) is 7. The highest BCUT2D eigenvalue weighted by Crippen LogP contribution is 2.29. The first-order chi connectivity index (χ1) is 11.7. The minimum absolute atomic E-state index is 0.204. The quantitative estimate of drug-likeness (QED) is 0.207. The van der Waals surface area contributed by atoms with E-state index in [1.165, 1.54) is 7.11 Å². The molecule has 0 radical (unpaired) electrons. The lowest BCUT2D eigenvalue weighted by atomic mass is 9.88. The van der Waals surface area contributed by atoms with Crippen molar-refractivity contribution in [2.45, 2.75) is 68.3 Å². The summed E-state index contributed by atoms with van der Waals surface area (Å²) in [5, 5.41) is 68.9. The number of ether oxygens (including phenoxy) is 3. The van der Waals surface area contributed by atoms with Gasteiger partial charge in [0.25, 0.3) is 0 Å². The fraction of sp³-hybridized carbons (Fsp3) is 1.00. The van der Waals surface area contributed by atoms with Gasteiger partial charge in [-0.1, -0.05) is 6.92 Å². The van der Waals surface area contributed by atoms with Crippen molar-refractivity contribution in [3.8, 4) is 0 Å². The van der Waals surface area contributed by atoms with E-state index in [1.54, 1.807) is 6.92 Å². The summed E-state index contributed by atoms with van der Waals surface area (Å²) < 4.78 is 15.7. The van der Waals surface area contributed by atoms with Crippen molar-refractivity contribution in [2.24, 2.45) is 0 Å². The number of aliphatic hydroxyl groups excluding tert-OH is 6. The second-order valence-corrected chi connectivity index (χ2v) is 6.22. The molecule has 1 aliphatic heterocycles. The second kappa shape index (κ2) is 10.1. The highest BCUT2D eigenvalue weighted by atomic mass is 16.7. The lowest BCUT2D eigenvalue weighted by molar-refractivity contribution is -0.325. The van der Waals surface area contributed by atoms with Gasteiger partial charge in [0.2, 0.25) is 0 Å². The van der Waals surface area contributed by atoms with Gasteiger partial charge in [0.15, 0.2) is 6.29 Å². The predicted molar refractivity (Wildman–Crippen MR) is 83.5 cm³/mol. The van der Waals surface area contributed by atoms with Crippen molar-refractivity contribution in [3.63, 3.8) is 0 Å². The van der Waals surface area contributed by atoms with Crippen LogP contribution in [0.2, 0.25) is 0 Å². The smallest absolute Gasteiger partial charge is 0.186 e. The minimum atomic E-state index is -1.84. The molecule has 0 aromatic rings. The van der Waals surface area contributed by atoms with Crippen LogP contribution in [-0.4, -0.2) is 111 Å². The Morgan fingerprint density at radius 1 is 1.24 bits per heavy atom. The molecular formula is C15H30O10. The highest BCUT2D eigenvalue weighted by Gasteiger charge is 2.50. The predicted octanol–water partition coefficient (Wildman–Crippen LogP) is -3.30. The second-order valence-electron chi connectivity index (χ2n) is 6.22. The van der Waals surface area contributed by atoms with Crippen LogP contribution >= 0.6 is 0 Å². The molecule has 0 bridgehead atoms. The van der Waals surface area contributed by atoms with E-state index in [0.717, 1.165) is 0 Å². The number of aliphatic hydroxyl groups is 7. The van der Waals surface area contributed by atoms with Crippen LogP contribution in [0, 0.1) is 0 Å². The molecule has 1 aliphatic rings.